The Morgan fingerprint density at radius 3 is 2.31 bits per heavy atom. The highest BCUT2D eigenvalue weighted by molar-refractivity contribution is 5.88. The first-order valence-electron chi connectivity index (χ1n) is 9.95. The van der Waals surface area contributed by atoms with Crippen molar-refractivity contribution in [1.29, 1.82) is 0 Å². The van der Waals surface area contributed by atoms with Crippen LogP contribution in [0, 0.1) is 12.7 Å². The molecule has 29 heavy (non-hydrogen) atoms. The molecular formula is C23H29FN2O3. The highest BCUT2D eigenvalue weighted by atomic mass is 19.1. The van der Waals surface area contributed by atoms with Crippen LogP contribution in [0.4, 0.5) is 4.39 Å². The van der Waals surface area contributed by atoms with Crippen LogP contribution in [-0.2, 0) is 16.1 Å². The summed E-state index contributed by atoms with van der Waals surface area (Å²) >= 11 is 0. The summed E-state index contributed by atoms with van der Waals surface area (Å²) in [6, 6.07) is 12.8. The molecule has 0 heterocycles. The maximum Gasteiger partial charge on any atom is 0.261 e. The van der Waals surface area contributed by atoms with Gasteiger partial charge in [0, 0.05) is 13.1 Å². The summed E-state index contributed by atoms with van der Waals surface area (Å²) in [6.07, 6.45) is 1.31. The lowest BCUT2D eigenvalue weighted by atomic mass is 10.1. The van der Waals surface area contributed by atoms with Crippen LogP contribution < -0.4 is 10.1 Å². The number of carbonyl (C=O) groups is 2. The minimum atomic E-state index is -0.591. The van der Waals surface area contributed by atoms with Crippen molar-refractivity contribution in [3.8, 4) is 5.75 Å². The Morgan fingerprint density at radius 2 is 1.72 bits per heavy atom. The molecule has 0 aliphatic rings. The van der Waals surface area contributed by atoms with E-state index in [2.05, 4.69) is 5.32 Å². The van der Waals surface area contributed by atoms with E-state index in [9.17, 15) is 14.0 Å². The van der Waals surface area contributed by atoms with Crippen LogP contribution in [0.1, 0.15) is 37.8 Å². The molecule has 0 aliphatic heterocycles. The number of nitrogens with one attached hydrogen (secondary N) is 1. The van der Waals surface area contributed by atoms with Gasteiger partial charge in [0.25, 0.3) is 5.91 Å². The third kappa shape index (κ3) is 6.89. The Morgan fingerprint density at radius 1 is 1.07 bits per heavy atom. The third-order valence-corrected chi connectivity index (χ3v) is 4.58. The molecule has 2 rings (SSSR count). The van der Waals surface area contributed by atoms with E-state index in [-0.39, 0.29) is 24.2 Å². The second kappa shape index (κ2) is 11.2. The fourth-order valence-corrected chi connectivity index (χ4v) is 2.93. The number of nitrogens with zero attached hydrogens (tertiary/aromatic N) is 1. The van der Waals surface area contributed by atoms with E-state index < -0.39 is 6.04 Å². The predicted octanol–water partition coefficient (Wildman–Crippen LogP) is 3.85. The van der Waals surface area contributed by atoms with Gasteiger partial charge in [-0.1, -0.05) is 43.7 Å². The molecule has 2 amide bonds. The van der Waals surface area contributed by atoms with Gasteiger partial charge in [-0.05, 0) is 49.6 Å². The molecule has 5 nitrogen and oxygen atoms in total. The quantitative estimate of drug-likeness (QED) is 0.659. The van der Waals surface area contributed by atoms with Gasteiger partial charge < -0.3 is 15.0 Å². The highest BCUT2D eigenvalue weighted by Gasteiger charge is 2.28. The van der Waals surface area contributed by atoms with Crippen LogP contribution in [-0.4, -0.2) is 35.9 Å². The summed E-state index contributed by atoms with van der Waals surface area (Å²) in [6.45, 7) is 6.50. The van der Waals surface area contributed by atoms with Crippen LogP contribution >= 0.6 is 0 Å². The molecule has 0 unspecified atom stereocenters. The normalized spacial score (nSPS) is 11.6. The molecule has 2 aromatic carbocycles. The summed E-state index contributed by atoms with van der Waals surface area (Å²) in [4.78, 5) is 27.2. The van der Waals surface area contributed by atoms with Gasteiger partial charge in [-0.2, -0.15) is 0 Å². The smallest absolute Gasteiger partial charge is 0.261 e. The van der Waals surface area contributed by atoms with Gasteiger partial charge in [-0.3, -0.25) is 9.59 Å². The van der Waals surface area contributed by atoms with Crippen molar-refractivity contribution in [2.24, 2.45) is 0 Å². The van der Waals surface area contributed by atoms with Gasteiger partial charge in [0.05, 0.1) is 0 Å². The molecule has 1 N–H and O–H groups in total. The number of halogens is 1. The average molecular weight is 400 g/mol. The third-order valence-electron chi connectivity index (χ3n) is 4.58. The van der Waals surface area contributed by atoms with Crippen molar-refractivity contribution in [3.05, 3.63) is 65.5 Å². The highest BCUT2D eigenvalue weighted by Crippen LogP contribution is 2.15. The summed E-state index contributed by atoms with van der Waals surface area (Å²) < 4.78 is 18.6. The summed E-state index contributed by atoms with van der Waals surface area (Å²) in [7, 11) is 0. The molecule has 0 fully saturated rings. The Kier molecular flexibility index (Phi) is 8.65. The second-order valence-corrected chi connectivity index (χ2v) is 6.96. The molecule has 0 saturated carbocycles. The number of hydrogen-bond donors (Lipinski definition) is 1. The van der Waals surface area contributed by atoms with Crippen LogP contribution in [0.2, 0.25) is 0 Å². The number of benzene rings is 2. The maximum absolute atomic E-state index is 13.1. The molecule has 0 aromatic heterocycles. The van der Waals surface area contributed by atoms with Gasteiger partial charge in [-0.15, -0.1) is 0 Å². The fourth-order valence-electron chi connectivity index (χ4n) is 2.93. The fraction of sp³-hybridized carbons (Fsp3) is 0.391. The number of carbonyl (C=O) groups excluding carboxylic acids is 2. The van der Waals surface area contributed by atoms with E-state index in [4.69, 9.17) is 4.74 Å². The van der Waals surface area contributed by atoms with Gasteiger partial charge in [0.2, 0.25) is 5.91 Å². The molecule has 0 radical (unpaired) electrons. The largest absolute Gasteiger partial charge is 0.484 e. The molecule has 156 valence electrons. The molecule has 6 heteroatoms. The molecule has 0 bridgehead atoms. The van der Waals surface area contributed by atoms with Gasteiger partial charge >= 0.3 is 0 Å². The first-order valence-corrected chi connectivity index (χ1v) is 9.95. The molecule has 0 spiro atoms. The lowest BCUT2D eigenvalue weighted by molar-refractivity contribution is -0.143. The first kappa shape index (κ1) is 22.4. The van der Waals surface area contributed by atoms with Crippen LogP contribution in [0.25, 0.3) is 0 Å². The standard InChI is InChI=1S/C23H29FN2O3/c1-4-14-25-23(28)21(5-2)26(15-18-8-6-17(3)7-9-18)22(27)16-29-20-12-10-19(24)11-13-20/h6-13,21H,4-5,14-16H2,1-3H3,(H,25,28)/t21-/m1/s1. The van der Waals surface area contributed by atoms with Crippen molar-refractivity contribution in [2.75, 3.05) is 13.2 Å². The van der Waals surface area contributed by atoms with Crippen molar-refractivity contribution >= 4 is 11.8 Å². The van der Waals surface area contributed by atoms with Crippen LogP contribution in [0.5, 0.6) is 5.75 Å². The Hall–Kier alpha value is -2.89. The van der Waals surface area contributed by atoms with E-state index >= 15 is 0 Å². The van der Waals surface area contributed by atoms with Gasteiger partial charge in [-0.25, -0.2) is 4.39 Å². The second-order valence-electron chi connectivity index (χ2n) is 6.96. The number of ether oxygens (including phenoxy) is 1. The van der Waals surface area contributed by atoms with E-state index in [1.807, 2.05) is 45.0 Å². The van der Waals surface area contributed by atoms with E-state index in [1.54, 1.807) is 4.90 Å². The lowest BCUT2D eigenvalue weighted by Crippen LogP contribution is -2.50. The number of amides is 2. The minimum absolute atomic E-state index is 0.170. The van der Waals surface area contributed by atoms with Crippen LogP contribution in [0.15, 0.2) is 48.5 Å². The van der Waals surface area contributed by atoms with E-state index in [0.717, 1.165) is 17.5 Å². The van der Waals surface area contributed by atoms with Crippen molar-refractivity contribution in [1.82, 2.24) is 10.2 Å². The molecule has 2 aromatic rings. The van der Waals surface area contributed by atoms with E-state index in [1.165, 1.54) is 24.3 Å². The lowest BCUT2D eigenvalue weighted by Gasteiger charge is -2.30. The Bertz CT molecular complexity index is 791. The van der Waals surface area contributed by atoms with Crippen molar-refractivity contribution in [3.63, 3.8) is 0 Å². The van der Waals surface area contributed by atoms with E-state index in [0.29, 0.717) is 25.3 Å². The maximum atomic E-state index is 13.1. The van der Waals surface area contributed by atoms with Crippen LogP contribution in [0.3, 0.4) is 0 Å². The zero-order chi connectivity index (χ0) is 21.2. The number of aryl methyl sites for hydroxylation is 1. The monoisotopic (exact) mass is 400 g/mol. The summed E-state index contributed by atoms with van der Waals surface area (Å²) in [5.41, 5.74) is 2.06. The Labute approximate surface area is 171 Å². The zero-order valence-corrected chi connectivity index (χ0v) is 17.3. The van der Waals surface area contributed by atoms with Crippen molar-refractivity contribution < 1.29 is 18.7 Å². The molecule has 0 saturated heterocycles. The first-order chi connectivity index (χ1) is 13.9. The van der Waals surface area contributed by atoms with Crippen molar-refractivity contribution in [2.45, 2.75) is 46.2 Å². The average Bonchev–Trinajstić information content (AvgIpc) is 2.72. The number of hydrogen-bond acceptors (Lipinski definition) is 3. The SMILES string of the molecule is CCCNC(=O)[C@@H](CC)N(Cc1ccc(C)cc1)C(=O)COc1ccc(F)cc1. The molecule has 1 atom stereocenters. The molecular weight excluding hydrogens is 371 g/mol. The minimum Gasteiger partial charge on any atom is -0.484 e. The summed E-state index contributed by atoms with van der Waals surface area (Å²) in [5, 5.41) is 2.88. The predicted molar refractivity (Wildman–Crippen MR) is 111 cm³/mol. The Balaban J connectivity index is 2.16. The zero-order valence-electron chi connectivity index (χ0n) is 17.3. The summed E-state index contributed by atoms with van der Waals surface area (Å²) in [5.74, 6) is -0.438. The van der Waals surface area contributed by atoms with Gasteiger partial charge in [0.1, 0.15) is 17.6 Å². The number of rotatable bonds is 10. The van der Waals surface area contributed by atoms with Gasteiger partial charge in [0.15, 0.2) is 6.61 Å². The topological polar surface area (TPSA) is 58.6 Å². The molecule has 0 aliphatic carbocycles.